The van der Waals surface area contributed by atoms with Crippen molar-refractivity contribution < 1.29 is 44.3 Å². The zero-order chi connectivity index (χ0) is 25.3. The number of amides is 1. The summed E-state index contributed by atoms with van der Waals surface area (Å²) in [4.78, 5) is 38.1. The third-order valence-corrected chi connectivity index (χ3v) is 7.95. The van der Waals surface area contributed by atoms with E-state index in [1.807, 2.05) is 13.1 Å². The highest BCUT2D eigenvalue weighted by atomic mass is 16.6. The SMILES string of the molecule is C[C@H](O)C(=O)N[C@@H](CC(=O)OC1=CC[C@@]2(O)[C@@H]3Cc4ccc(O)c5c4[C@@]2(CCN3C)[C@H]1O5)C(=O)O. The van der Waals surface area contributed by atoms with Gasteiger partial charge >= 0.3 is 11.9 Å². The van der Waals surface area contributed by atoms with Crippen molar-refractivity contribution in [3.63, 3.8) is 0 Å². The average molecular weight is 488 g/mol. The summed E-state index contributed by atoms with van der Waals surface area (Å²) >= 11 is 0. The molecule has 2 bridgehead atoms. The molecule has 0 unspecified atom stereocenters. The van der Waals surface area contributed by atoms with E-state index in [2.05, 4.69) is 10.2 Å². The van der Waals surface area contributed by atoms with Crippen LogP contribution in [0.5, 0.6) is 11.5 Å². The van der Waals surface area contributed by atoms with Crippen molar-refractivity contribution in [2.24, 2.45) is 0 Å². The first kappa shape index (κ1) is 23.6. The molecular weight excluding hydrogens is 460 g/mol. The molecule has 5 rings (SSSR count). The Hall–Kier alpha value is -3.15. The quantitative estimate of drug-likeness (QED) is 0.331. The highest BCUT2D eigenvalue weighted by molar-refractivity contribution is 5.88. The predicted molar refractivity (Wildman–Crippen MR) is 119 cm³/mol. The van der Waals surface area contributed by atoms with Gasteiger partial charge in [-0.15, -0.1) is 0 Å². The first-order chi connectivity index (χ1) is 16.5. The van der Waals surface area contributed by atoms with Crippen LogP contribution >= 0.6 is 0 Å². The van der Waals surface area contributed by atoms with Crippen molar-refractivity contribution >= 4 is 17.8 Å². The molecule has 11 heteroatoms. The first-order valence-electron chi connectivity index (χ1n) is 11.6. The molecule has 1 spiro atoms. The number of phenols is 1. The molecule has 2 aliphatic heterocycles. The number of aromatic hydroxyl groups is 1. The Morgan fingerprint density at radius 1 is 1.34 bits per heavy atom. The number of hydrogen-bond donors (Lipinski definition) is 5. The van der Waals surface area contributed by atoms with Gasteiger partial charge in [0.2, 0.25) is 5.91 Å². The van der Waals surface area contributed by atoms with E-state index in [-0.39, 0.29) is 29.7 Å². The van der Waals surface area contributed by atoms with Crippen molar-refractivity contribution in [1.82, 2.24) is 10.2 Å². The third-order valence-electron chi connectivity index (χ3n) is 7.95. The molecule has 4 aliphatic rings. The summed E-state index contributed by atoms with van der Waals surface area (Å²) in [7, 11) is 1.96. The topological polar surface area (TPSA) is 166 Å². The van der Waals surface area contributed by atoms with Crippen molar-refractivity contribution in [2.75, 3.05) is 13.6 Å². The maximum absolute atomic E-state index is 12.8. The number of rotatable bonds is 6. The molecule has 1 amide bonds. The lowest BCUT2D eigenvalue weighted by atomic mass is 9.50. The number of esters is 1. The van der Waals surface area contributed by atoms with Crippen molar-refractivity contribution in [1.29, 1.82) is 0 Å². The highest BCUT2D eigenvalue weighted by Crippen LogP contribution is 2.65. The number of ether oxygens (including phenoxy) is 2. The average Bonchev–Trinajstić information content (AvgIpc) is 3.15. The number of aliphatic hydroxyl groups is 2. The monoisotopic (exact) mass is 488 g/mol. The van der Waals surface area contributed by atoms with Gasteiger partial charge in [0.1, 0.15) is 17.9 Å². The second-order valence-corrected chi connectivity index (χ2v) is 9.86. The molecule has 2 heterocycles. The largest absolute Gasteiger partial charge is 0.504 e. The zero-order valence-corrected chi connectivity index (χ0v) is 19.4. The molecular formula is C24H28N2O9. The summed E-state index contributed by atoms with van der Waals surface area (Å²) in [5.74, 6) is -2.96. The van der Waals surface area contributed by atoms with Crippen LogP contribution in [0.4, 0.5) is 0 Å². The van der Waals surface area contributed by atoms with Gasteiger partial charge in [-0.3, -0.25) is 9.59 Å². The number of carbonyl (C=O) groups is 3. The third kappa shape index (κ3) is 3.25. The molecule has 1 aromatic carbocycles. The molecule has 0 aromatic heterocycles. The minimum atomic E-state index is -1.59. The normalized spacial score (nSPS) is 31.9. The number of likely N-dealkylation sites (tertiary alicyclic amines) is 1. The van der Waals surface area contributed by atoms with Crippen LogP contribution < -0.4 is 10.1 Å². The molecule has 188 valence electrons. The smallest absolute Gasteiger partial charge is 0.326 e. The Balaban J connectivity index is 1.46. The van der Waals surface area contributed by atoms with Crippen molar-refractivity contribution in [2.45, 2.75) is 67.9 Å². The minimum Gasteiger partial charge on any atom is -0.504 e. The van der Waals surface area contributed by atoms with Crippen molar-refractivity contribution in [3.8, 4) is 11.5 Å². The van der Waals surface area contributed by atoms with E-state index in [0.717, 1.165) is 11.1 Å². The van der Waals surface area contributed by atoms with Gasteiger partial charge in [0.25, 0.3) is 0 Å². The molecule has 0 radical (unpaired) electrons. The van der Waals surface area contributed by atoms with Crippen LogP contribution in [0, 0.1) is 0 Å². The fourth-order valence-electron chi connectivity index (χ4n) is 6.27. The number of aliphatic hydroxyl groups excluding tert-OH is 1. The van der Waals surface area contributed by atoms with Crippen LogP contribution in [0.1, 0.15) is 37.3 Å². The molecule has 2 aliphatic carbocycles. The van der Waals surface area contributed by atoms with Gasteiger partial charge in [-0.1, -0.05) is 6.07 Å². The Bertz CT molecular complexity index is 1150. The maximum atomic E-state index is 12.8. The molecule has 35 heavy (non-hydrogen) atoms. The molecule has 1 saturated heterocycles. The van der Waals surface area contributed by atoms with Crippen LogP contribution in [-0.4, -0.2) is 86.7 Å². The second kappa shape index (κ2) is 7.94. The second-order valence-electron chi connectivity index (χ2n) is 9.86. The Morgan fingerprint density at radius 3 is 2.77 bits per heavy atom. The number of piperidine rings is 1. The Kier molecular flexibility index (Phi) is 5.35. The lowest BCUT2D eigenvalue weighted by Gasteiger charge is -2.61. The summed E-state index contributed by atoms with van der Waals surface area (Å²) < 4.78 is 11.8. The van der Waals surface area contributed by atoms with Gasteiger partial charge in [0.05, 0.1) is 17.4 Å². The molecule has 1 fully saturated rings. The predicted octanol–water partition coefficient (Wildman–Crippen LogP) is -0.447. The molecule has 11 nitrogen and oxygen atoms in total. The minimum absolute atomic E-state index is 0.0651. The van der Waals surface area contributed by atoms with Crippen LogP contribution in [0.2, 0.25) is 0 Å². The number of nitrogens with one attached hydrogen (secondary N) is 1. The van der Waals surface area contributed by atoms with Gasteiger partial charge in [0.15, 0.2) is 17.6 Å². The van der Waals surface area contributed by atoms with Gasteiger partial charge in [-0.05, 0) is 51.1 Å². The van der Waals surface area contributed by atoms with Crippen LogP contribution in [0.25, 0.3) is 0 Å². The number of nitrogens with zero attached hydrogens (tertiary/aromatic N) is 1. The summed E-state index contributed by atoms with van der Waals surface area (Å²) in [6, 6.07) is 1.59. The van der Waals surface area contributed by atoms with Crippen LogP contribution in [0.15, 0.2) is 24.0 Å². The van der Waals surface area contributed by atoms with Crippen LogP contribution in [-0.2, 0) is 31.0 Å². The van der Waals surface area contributed by atoms with E-state index in [1.165, 1.54) is 6.92 Å². The van der Waals surface area contributed by atoms with E-state index in [4.69, 9.17) is 9.47 Å². The maximum Gasteiger partial charge on any atom is 0.326 e. The van der Waals surface area contributed by atoms with Gasteiger partial charge in [-0.25, -0.2) is 4.79 Å². The lowest BCUT2D eigenvalue weighted by Crippen LogP contribution is -2.74. The standard InChI is InChI=1S/C24H28N2O9/c1-11(27)21(30)25-13(22(31)32)10-17(29)34-15-5-6-24(33)16-9-12-3-4-14(28)19-18(12)23(24,20(15)35-19)7-8-26(16)2/h3-5,11,13,16,20,27-28,33H,6-10H2,1-2H3,(H,25,30)(H,31,32)/t11-,13-,16-,20-,23-,24+/m0/s1. The zero-order valence-electron chi connectivity index (χ0n) is 19.4. The number of aliphatic carboxylic acids is 1. The van der Waals surface area contributed by atoms with Gasteiger partial charge < -0.3 is 40.1 Å². The Labute approximate surface area is 200 Å². The molecule has 1 aromatic rings. The summed E-state index contributed by atoms with van der Waals surface area (Å²) in [5, 5.41) is 43.4. The van der Waals surface area contributed by atoms with Gasteiger partial charge in [-0.2, -0.15) is 0 Å². The van der Waals surface area contributed by atoms with Gasteiger partial charge in [0, 0.05) is 18.0 Å². The van der Waals surface area contributed by atoms with E-state index >= 15 is 0 Å². The molecule has 6 atom stereocenters. The molecule has 0 saturated carbocycles. The number of carboxylic acids is 1. The summed E-state index contributed by atoms with van der Waals surface area (Å²) in [6.07, 6.45) is -0.156. The number of benzene rings is 1. The Morgan fingerprint density at radius 2 is 2.09 bits per heavy atom. The van der Waals surface area contributed by atoms with E-state index in [0.29, 0.717) is 19.4 Å². The highest BCUT2D eigenvalue weighted by Gasteiger charge is 2.72. The number of likely N-dealkylation sites (N-methyl/N-ethyl adjacent to an activating group) is 1. The lowest BCUT2D eigenvalue weighted by molar-refractivity contribution is -0.169. The number of phenolic OH excluding ortho intramolecular Hbond substituents is 1. The molecule has 5 N–H and O–H groups in total. The number of carboxylic acid groups (broad SMARTS) is 1. The number of carbonyl (C=O) groups excluding carboxylic acids is 2. The van der Waals surface area contributed by atoms with E-state index < -0.39 is 53.5 Å². The fraction of sp³-hybridized carbons (Fsp3) is 0.542. The van der Waals surface area contributed by atoms with E-state index in [1.54, 1.807) is 12.1 Å². The summed E-state index contributed by atoms with van der Waals surface area (Å²) in [6.45, 7) is 1.84. The number of hydrogen-bond acceptors (Lipinski definition) is 9. The van der Waals surface area contributed by atoms with Crippen molar-refractivity contribution in [3.05, 3.63) is 35.1 Å². The van der Waals surface area contributed by atoms with Crippen LogP contribution in [0.3, 0.4) is 0 Å². The first-order valence-corrected chi connectivity index (χ1v) is 11.6. The summed E-state index contributed by atoms with van der Waals surface area (Å²) in [5.41, 5.74) is -0.464. The van der Waals surface area contributed by atoms with E-state index in [9.17, 15) is 34.8 Å². The fourth-order valence-corrected chi connectivity index (χ4v) is 6.27.